The number of imidazole rings is 1. The van der Waals surface area contributed by atoms with Crippen molar-refractivity contribution in [3.63, 3.8) is 0 Å². The Morgan fingerprint density at radius 2 is 2.25 bits per heavy atom. The first-order valence-corrected chi connectivity index (χ1v) is 5.03. The van der Waals surface area contributed by atoms with E-state index in [1.165, 1.54) is 4.40 Å². The Labute approximate surface area is 95.9 Å². The van der Waals surface area contributed by atoms with E-state index in [-0.39, 0.29) is 18.7 Å². The topological polar surface area (TPSA) is 74.8 Å². The predicted molar refractivity (Wildman–Crippen MR) is 58.0 cm³/mol. The summed E-state index contributed by atoms with van der Waals surface area (Å²) in [5, 5.41) is 18.2. The molecule has 5 nitrogen and oxygen atoms in total. The van der Waals surface area contributed by atoms with Gasteiger partial charge in [-0.15, -0.1) is 0 Å². The Kier molecular flexibility index (Phi) is 2.80. The second-order valence-electron chi connectivity index (χ2n) is 3.22. The van der Waals surface area contributed by atoms with Crippen molar-refractivity contribution in [2.45, 2.75) is 6.42 Å². The lowest BCUT2D eigenvalue weighted by molar-refractivity contribution is 0.0693. The molecule has 0 amide bonds. The standard InChI is InChI=1S/C10H9ClN2O3/c11-7-3-1-2-6-9(10(15)16)12-8(4-5-14)13(6)7/h1-3,14H,4-5H2,(H,15,16). The summed E-state index contributed by atoms with van der Waals surface area (Å²) < 4.78 is 1.53. The Bertz CT molecular complexity index is 550. The normalized spacial score (nSPS) is 10.9. The smallest absolute Gasteiger partial charge is 0.356 e. The minimum Gasteiger partial charge on any atom is -0.476 e. The predicted octanol–water partition coefficient (Wildman–Crippen LogP) is 1.22. The Balaban J connectivity index is 2.76. The van der Waals surface area contributed by atoms with Gasteiger partial charge in [-0.2, -0.15) is 0 Å². The van der Waals surface area contributed by atoms with E-state index in [2.05, 4.69) is 4.98 Å². The van der Waals surface area contributed by atoms with E-state index in [1.54, 1.807) is 18.2 Å². The molecule has 0 unspecified atom stereocenters. The fourth-order valence-electron chi connectivity index (χ4n) is 1.59. The van der Waals surface area contributed by atoms with Gasteiger partial charge in [0.05, 0.1) is 12.1 Å². The summed E-state index contributed by atoms with van der Waals surface area (Å²) in [6, 6.07) is 4.93. The van der Waals surface area contributed by atoms with Crippen LogP contribution in [0, 0.1) is 0 Å². The van der Waals surface area contributed by atoms with Crippen molar-refractivity contribution < 1.29 is 15.0 Å². The first-order chi connectivity index (χ1) is 7.65. The van der Waals surface area contributed by atoms with Gasteiger partial charge in [-0.3, -0.25) is 4.40 Å². The molecule has 16 heavy (non-hydrogen) atoms. The number of hydrogen-bond donors (Lipinski definition) is 2. The summed E-state index contributed by atoms with van der Waals surface area (Å²) in [6.45, 7) is -0.108. The van der Waals surface area contributed by atoms with E-state index in [9.17, 15) is 4.79 Å². The molecule has 0 aromatic carbocycles. The maximum absolute atomic E-state index is 11.0. The quantitative estimate of drug-likeness (QED) is 0.791. The first kappa shape index (κ1) is 10.9. The number of carbonyl (C=O) groups is 1. The minimum absolute atomic E-state index is 0.0500. The number of halogens is 1. The molecule has 2 aromatic heterocycles. The Morgan fingerprint density at radius 1 is 1.50 bits per heavy atom. The molecule has 0 saturated carbocycles. The van der Waals surface area contributed by atoms with Crippen LogP contribution in [0.15, 0.2) is 18.2 Å². The van der Waals surface area contributed by atoms with E-state index < -0.39 is 5.97 Å². The molecule has 0 radical (unpaired) electrons. The van der Waals surface area contributed by atoms with Gasteiger partial charge in [0.25, 0.3) is 0 Å². The van der Waals surface area contributed by atoms with Gasteiger partial charge >= 0.3 is 5.97 Å². The highest BCUT2D eigenvalue weighted by molar-refractivity contribution is 6.29. The van der Waals surface area contributed by atoms with E-state index in [0.717, 1.165) is 0 Å². The third-order valence-electron chi connectivity index (χ3n) is 2.22. The monoisotopic (exact) mass is 240 g/mol. The molecular weight excluding hydrogens is 232 g/mol. The van der Waals surface area contributed by atoms with Gasteiger partial charge in [-0.1, -0.05) is 17.7 Å². The lowest BCUT2D eigenvalue weighted by Gasteiger charge is -2.01. The molecule has 0 atom stereocenters. The molecule has 0 saturated heterocycles. The number of hydrogen-bond acceptors (Lipinski definition) is 3. The van der Waals surface area contributed by atoms with Crippen LogP contribution in [-0.4, -0.2) is 32.2 Å². The molecule has 2 N–H and O–H groups in total. The van der Waals surface area contributed by atoms with Crippen molar-refractivity contribution in [2.24, 2.45) is 0 Å². The molecule has 2 heterocycles. The van der Waals surface area contributed by atoms with Crippen LogP contribution >= 0.6 is 11.6 Å². The maximum Gasteiger partial charge on any atom is 0.356 e. The summed E-state index contributed by atoms with van der Waals surface area (Å²) >= 11 is 5.96. The van der Waals surface area contributed by atoms with Crippen LogP contribution in [0.4, 0.5) is 0 Å². The zero-order valence-electron chi connectivity index (χ0n) is 8.22. The number of aliphatic hydroxyl groups is 1. The van der Waals surface area contributed by atoms with E-state index in [4.69, 9.17) is 21.8 Å². The van der Waals surface area contributed by atoms with Gasteiger partial charge in [0.1, 0.15) is 11.0 Å². The van der Waals surface area contributed by atoms with Gasteiger partial charge in [0.15, 0.2) is 5.69 Å². The van der Waals surface area contributed by atoms with Gasteiger partial charge < -0.3 is 10.2 Å². The lowest BCUT2D eigenvalue weighted by Crippen LogP contribution is -1.99. The molecule has 0 aliphatic rings. The van der Waals surface area contributed by atoms with Crippen LogP contribution in [-0.2, 0) is 6.42 Å². The molecule has 2 rings (SSSR count). The number of pyridine rings is 1. The van der Waals surface area contributed by atoms with Crippen LogP contribution in [0.2, 0.25) is 5.15 Å². The van der Waals surface area contributed by atoms with Crippen LogP contribution < -0.4 is 0 Å². The summed E-state index contributed by atoms with van der Waals surface area (Å²) in [5.74, 6) is -0.663. The number of fused-ring (bicyclic) bond motifs is 1. The summed E-state index contributed by atoms with van der Waals surface area (Å²) in [6.07, 6.45) is 0.262. The average molecular weight is 241 g/mol. The number of aromatic nitrogens is 2. The third-order valence-corrected chi connectivity index (χ3v) is 2.52. The second-order valence-corrected chi connectivity index (χ2v) is 3.61. The van der Waals surface area contributed by atoms with Crippen molar-refractivity contribution in [1.82, 2.24) is 9.38 Å². The lowest BCUT2D eigenvalue weighted by atomic mass is 10.3. The molecule has 0 bridgehead atoms. The second kappa shape index (κ2) is 4.11. The first-order valence-electron chi connectivity index (χ1n) is 4.65. The SMILES string of the molecule is O=C(O)c1nc(CCO)n2c(Cl)cccc12. The Hall–Kier alpha value is -1.59. The number of rotatable bonds is 3. The van der Waals surface area contributed by atoms with E-state index in [0.29, 0.717) is 16.5 Å². The molecule has 0 fully saturated rings. The third kappa shape index (κ3) is 1.64. The molecular formula is C10H9ClN2O3. The Morgan fingerprint density at radius 3 is 2.88 bits per heavy atom. The highest BCUT2D eigenvalue weighted by atomic mass is 35.5. The van der Waals surface area contributed by atoms with Crippen LogP contribution in [0.1, 0.15) is 16.3 Å². The molecule has 2 aromatic rings. The van der Waals surface area contributed by atoms with Gasteiger partial charge in [0.2, 0.25) is 0 Å². The molecule has 84 valence electrons. The molecule has 0 aliphatic carbocycles. The maximum atomic E-state index is 11.0. The fraction of sp³-hybridized carbons (Fsp3) is 0.200. The van der Waals surface area contributed by atoms with Gasteiger partial charge in [-0.25, -0.2) is 9.78 Å². The minimum atomic E-state index is -1.11. The van der Waals surface area contributed by atoms with Crippen molar-refractivity contribution in [2.75, 3.05) is 6.61 Å². The van der Waals surface area contributed by atoms with Crippen molar-refractivity contribution in [1.29, 1.82) is 0 Å². The molecule has 6 heteroatoms. The highest BCUT2D eigenvalue weighted by Crippen LogP contribution is 2.19. The number of carboxylic acids is 1. The largest absolute Gasteiger partial charge is 0.476 e. The van der Waals surface area contributed by atoms with Gasteiger partial charge in [-0.05, 0) is 12.1 Å². The fourth-order valence-corrected chi connectivity index (χ4v) is 1.85. The highest BCUT2D eigenvalue weighted by Gasteiger charge is 2.17. The van der Waals surface area contributed by atoms with Crippen LogP contribution in [0.5, 0.6) is 0 Å². The number of nitrogens with zero attached hydrogens (tertiary/aromatic N) is 2. The van der Waals surface area contributed by atoms with Crippen LogP contribution in [0.25, 0.3) is 5.52 Å². The average Bonchev–Trinajstić information content (AvgIpc) is 2.59. The molecule has 0 aliphatic heterocycles. The van der Waals surface area contributed by atoms with Crippen molar-refractivity contribution in [3.05, 3.63) is 34.9 Å². The van der Waals surface area contributed by atoms with E-state index in [1.807, 2.05) is 0 Å². The summed E-state index contributed by atoms with van der Waals surface area (Å²) in [4.78, 5) is 14.9. The van der Waals surface area contributed by atoms with Gasteiger partial charge in [0, 0.05) is 6.42 Å². The molecule has 0 spiro atoms. The zero-order valence-corrected chi connectivity index (χ0v) is 8.98. The number of aliphatic hydroxyl groups excluding tert-OH is 1. The zero-order chi connectivity index (χ0) is 11.7. The van der Waals surface area contributed by atoms with Crippen molar-refractivity contribution >= 4 is 23.1 Å². The van der Waals surface area contributed by atoms with E-state index >= 15 is 0 Å². The summed E-state index contributed by atoms with van der Waals surface area (Å²) in [5.41, 5.74) is 0.384. The number of carboxylic acid groups (broad SMARTS) is 1. The summed E-state index contributed by atoms with van der Waals surface area (Å²) in [7, 11) is 0. The van der Waals surface area contributed by atoms with Crippen molar-refractivity contribution in [3.8, 4) is 0 Å². The van der Waals surface area contributed by atoms with Crippen LogP contribution in [0.3, 0.4) is 0 Å². The number of aromatic carboxylic acids is 1.